The first-order chi connectivity index (χ1) is 10.9. The highest BCUT2D eigenvalue weighted by molar-refractivity contribution is 5.93. The lowest BCUT2D eigenvalue weighted by molar-refractivity contribution is -0.229. The van der Waals surface area contributed by atoms with Crippen molar-refractivity contribution in [3.05, 3.63) is 35.9 Å². The van der Waals surface area contributed by atoms with Crippen LogP contribution in [-0.2, 0) is 9.53 Å². The Morgan fingerprint density at radius 1 is 1.04 bits per heavy atom. The summed E-state index contributed by atoms with van der Waals surface area (Å²) in [6, 6.07) is 6.24. The zero-order valence-corrected chi connectivity index (χ0v) is 12.3. The summed E-state index contributed by atoms with van der Waals surface area (Å²) in [6.45, 7) is -0.529. The van der Waals surface area contributed by atoms with Gasteiger partial charge in [-0.05, 0) is 23.8 Å². The van der Waals surface area contributed by atoms with Crippen molar-refractivity contribution in [1.82, 2.24) is 0 Å². The molecule has 0 aliphatic carbocycles. The second-order valence-corrected chi connectivity index (χ2v) is 5.46. The predicted molar refractivity (Wildman–Crippen MR) is 80.5 cm³/mol. The molecule has 2 rings (SSSR count). The van der Waals surface area contributed by atoms with Gasteiger partial charge in [-0.1, -0.05) is 18.2 Å². The van der Waals surface area contributed by atoms with Crippen molar-refractivity contribution < 1.29 is 35.1 Å². The number of aromatic hydroxyl groups is 1. The fourth-order valence-corrected chi connectivity index (χ4v) is 2.39. The van der Waals surface area contributed by atoms with Crippen LogP contribution in [0.1, 0.15) is 12.0 Å². The van der Waals surface area contributed by atoms with Crippen LogP contribution in [0.15, 0.2) is 30.3 Å². The van der Waals surface area contributed by atoms with E-state index in [2.05, 4.69) is 0 Å². The average Bonchev–Trinajstić information content (AvgIpc) is 2.55. The first kappa shape index (κ1) is 17.6. The average molecular weight is 324 g/mol. The number of ketones is 1. The number of phenolic OH excluding ortho intramolecular Hbond substituents is 1. The SMILES string of the molecule is O=C(/C=C/c1ccc(O)cc1)C[C@@H]1O[C@H](CO)[C@H](O)[C@H](O)[C@H]1O. The summed E-state index contributed by atoms with van der Waals surface area (Å²) in [5.74, 6) is -0.225. The molecule has 0 aromatic heterocycles. The third-order valence-electron chi connectivity index (χ3n) is 3.75. The molecule has 5 atom stereocenters. The van der Waals surface area contributed by atoms with Gasteiger partial charge < -0.3 is 30.3 Å². The molecule has 1 aliphatic rings. The number of hydrogen-bond donors (Lipinski definition) is 5. The summed E-state index contributed by atoms with van der Waals surface area (Å²) >= 11 is 0. The smallest absolute Gasteiger partial charge is 0.158 e. The van der Waals surface area contributed by atoms with Crippen molar-refractivity contribution in [1.29, 1.82) is 0 Å². The van der Waals surface area contributed by atoms with Crippen LogP contribution in [0.5, 0.6) is 5.75 Å². The Morgan fingerprint density at radius 3 is 2.26 bits per heavy atom. The van der Waals surface area contributed by atoms with Gasteiger partial charge in [0.05, 0.1) is 12.7 Å². The molecular formula is C16H20O7. The van der Waals surface area contributed by atoms with Crippen LogP contribution >= 0.6 is 0 Å². The molecule has 126 valence electrons. The van der Waals surface area contributed by atoms with E-state index in [1.165, 1.54) is 18.2 Å². The lowest BCUT2D eigenvalue weighted by Gasteiger charge is -2.39. The van der Waals surface area contributed by atoms with Gasteiger partial charge in [0, 0.05) is 6.42 Å². The zero-order chi connectivity index (χ0) is 17.0. The number of rotatable bonds is 5. The van der Waals surface area contributed by atoms with Crippen molar-refractivity contribution in [3.8, 4) is 5.75 Å². The van der Waals surface area contributed by atoms with Crippen LogP contribution in [-0.4, -0.2) is 68.4 Å². The summed E-state index contributed by atoms with van der Waals surface area (Å²) in [5.41, 5.74) is 0.713. The lowest BCUT2D eigenvalue weighted by atomic mass is 9.92. The zero-order valence-electron chi connectivity index (χ0n) is 12.3. The number of hydrogen-bond acceptors (Lipinski definition) is 7. The van der Waals surface area contributed by atoms with Gasteiger partial charge in [0.15, 0.2) is 5.78 Å². The molecule has 1 aliphatic heterocycles. The van der Waals surface area contributed by atoms with E-state index < -0.39 is 37.1 Å². The molecular weight excluding hydrogens is 304 g/mol. The Labute approximate surface area is 133 Å². The topological polar surface area (TPSA) is 127 Å². The molecule has 5 N–H and O–H groups in total. The number of aliphatic hydroxyl groups is 4. The van der Waals surface area contributed by atoms with Crippen LogP contribution in [0.4, 0.5) is 0 Å². The number of ether oxygens (including phenoxy) is 1. The molecule has 1 heterocycles. The van der Waals surface area contributed by atoms with E-state index in [4.69, 9.17) is 9.84 Å². The molecule has 1 aromatic rings. The van der Waals surface area contributed by atoms with E-state index in [0.717, 1.165) is 0 Å². The van der Waals surface area contributed by atoms with E-state index in [0.29, 0.717) is 5.56 Å². The van der Waals surface area contributed by atoms with Gasteiger partial charge in [0.2, 0.25) is 0 Å². The van der Waals surface area contributed by atoms with E-state index in [1.54, 1.807) is 18.2 Å². The third kappa shape index (κ3) is 4.37. The van der Waals surface area contributed by atoms with Crippen molar-refractivity contribution >= 4 is 11.9 Å². The maximum absolute atomic E-state index is 11.9. The minimum atomic E-state index is -1.49. The van der Waals surface area contributed by atoms with Gasteiger partial charge in [-0.25, -0.2) is 0 Å². The Kier molecular flexibility index (Phi) is 5.86. The van der Waals surface area contributed by atoms with Gasteiger partial charge >= 0.3 is 0 Å². The van der Waals surface area contributed by atoms with Gasteiger partial charge in [-0.15, -0.1) is 0 Å². The normalized spacial score (nSPS) is 31.4. The maximum Gasteiger partial charge on any atom is 0.158 e. The number of allylic oxidation sites excluding steroid dienone is 1. The molecule has 7 nitrogen and oxygen atoms in total. The van der Waals surface area contributed by atoms with Crippen molar-refractivity contribution in [2.75, 3.05) is 6.61 Å². The Morgan fingerprint density at radius 2 is 1.65 bits per heavy atom. The summed E-state index contributed by atoms with van der Waals surface area (Å²) in [5, 5.41) is 47.5. The number of aliphatic hydroxyl groups excluding tert-OH is 4. The molecule has 0 saturated carbocycles. The minimum absolute atomic E-state index is 0.120. The summed E-state index contributed by atoms with van der Waals surface area (Å²) < 4.78 is 5.27. The number of benzene rings is 1. The fourth-order valence-electron chi connectivity index (χ4n) is 2.39. The van der Waals surface area contributed by atoms with Crippen molar-refractivity contribution in [3.63, 3.8) is 0 Å². The second-order valence-electron chi connectivity index (χ2n) is 5.46. The van der Waals surface area contributed by atoms with Crippen molar-refractivity contribution in [2.45, 2.75) is 36.9 Å². The van der Waals surface area contributed by atoms with E-state index in [-0.39, 0.29) is 18.0 Å². The molecule has 1 aromatic carbocycles. The molecule has 1 saturated heterocycles. The minimum Gasteiger partial charge on any atom is -0.508 e. The van der Waals surface area contributed by atoms with E-state index in [9.17, 15) is 25.2 Å². The standard InChI is InChI=1S/C16H20O7/c17-8-13-15(21)16(22)14(20)12(23-13)7-11(19)6-3-9-1-4-10(18)5-2-9/h1-6,12-18,20-22H,7-8H2/b6-3+/t12-,13+,14-,15-,16+/m0/s1. The van der Waals surface area contributed by atoms with Crippen molar-refractivity contribution in [2.24, 2.45) is 0 Å². The Hall–Kier alpha value is -1.77. The maximum atomic E-state index is 11.9. The highest BCUT2D eigenvalue weighted by Gasteiger charge is 2.43. The molecule has 23 heavy (non-hydrogen) atoms. The van der Waals surface area contributed by atoms with Gasteiger partial charge in [0.1, 0.15) is 30.2 Å². The quantitative estimate of drug-likeness (QED) is 0.449. The van der Waals surface area contributed by atoms with E-state index in [1.807, 2.05) is 0 Å². The molecule has 0 spiro atoms. The molecule has 0 amide bonds. The largest absolute Gasteiger partial charge is 0.508 e. The summed E-state index contributed by atoms with van der Waals surface area (Å²) in [7, 11) is 0. The predicted octanol–water partition coefficient (Wildman–Crippen LogP) is -0.793. The second kappa shape index (κ2) is 7.67. The number of phenols is 1. The van der Waals surface area contributed by atoms with Crippen LogP contribution in [0.25, 0.3) is 6.08 Å². The van der Waals surface area contributed by atoms with E-state index >= 15 is 0 Å². The first-order valence-corrected chi connectivity index (χ1v) is 7.23. The monoisotopic (exact) mass is 324 g/mol. The molecule has 7 heteroatoms. The third-order valence-corrected chi connectivity index (χ3v) is 3.75. The van der Waals surface area contributed by atoms with Crippen LogP contribution in [0, 0.1) is 0 Å². The molecule has 0 bridgehead atoms. The van der Waals surface area contributed by atoms with Gasteiger partial charge in [-0.3, -0.25) is 4.79 Å². The molecule has 0 radical (unpaired) electrons. The van der Waals surface area contributed by atoms with Crippen LogP contribution in [0.2, 0.25) is 0 Å². The first-order valence-electron chi connectivity index (χ1n) is 7.23. The highest BCUT2D eigenvalue weighted by Crippen LogP contribution is 2.23. The van der Waals surface area contributed by atoms with Gasteiger partial charge in [-0.2, -0.15) is 0 Å². The lowest BCUT2D eigenvalue weighted by Crippen LogP contribution is -2.58. The number of carbonyl (C=O) groups excluding carboxylic acids is 1. The Balaban J connectivity index is 1.97. The summed E-state index contributed by atoms with van der Waals surface area (Å²) in [6.07, 6.45) is -3.72. The van der Waals surface area contributed by atoms with Crippen LogP contribution < -0.4 is 0 Å². The Bertz CT molecular complexity index is 552. The highest BCUT2D eigenvalue weighted by atomic mass is 16.5. The van der Waals surface area contributed by atoms with Crippen LogP contribution in [0.3, 0.4) is 0 Å². The fraction of sp³-hybridized carbons (Fsp3) is 0.438. The number of carbonyl (C=O) groups is 1. The summed E-state index contributed by atoms with van der Waals surface area (Å²) in [4.78, 5) is 11.9. The molecule has 1 fully saturated rings. The van der Waals surface area contributed by atoms with Gasteiger partial charge in [0.25, 0.3) is 0 Å². The molecule has 0 unspecified atom stereocenters.